The molecule has 0 radical (unpaired) electrons. The molecule has 1 aliphatic heterocycles. The summed E-state index contributed by atoms with van der Waals surface area (Å²) in [6.07, 6.45) is 1.32. The van der Waals surface area contributed by atoms with Crippen molar-refractivity contribution >= 4 is 16.0 Å². The first kappa shape index (κ1) is 15.9. The van der Waals surface area contributed by atoms with Crippen LogP contribution in [0.25, 0.3) is 0 Å². The minimum Gasteiger partial charge on any atom is -0.478 e. The van der Waals surface area contributed by atoms with Crippen LogP contribution in [0.2, 0.25) is 0 Å². The van der Waals surface area contributed by atoms with Gasteiger partial charge in [-0.2, -0.15) is 4.31 Å². The van der Waals surface area contributed by atoms with Crippen molar-refractivity contribution in [1.29, 1.82) is 0 Å². The van der Waals surface area contributed by atoms with Gasteiger partial charge in [0.05, 0.1) is 16.1 Å². The maximum Gasteiger partial charge on any atom is 0.335 e. The number of nitrogens with zero attached hydrogens (tertiary/aromatic N) is 1. The molecule has 0 unspecified atom stereocenters. The number of carboxylic acid groups (broad SMARTS) is 1. The number of carboxylic acids is 1. The molecule has 0 aliphatic carbocycles. The van der Waals surface area contributed by atoms with Gasteiger partial charge in [0, 0.05) is 13.1 Å². The highest BCUT2D eigenvalue weighted by Crippen LogP contribution is 2.32. The van der Waals surface area contributed by atoms with Gasteiger partial charge in [-0.3, -0.25) is 0 Å². The number of carbonyl (C=O) groups is 1. The molecule has 1 aromatic carbocycles. The molecule has 116 valence electrons. The van der Waals surface area contributed by atoms with Gasteiger partial charge in [0.1, 0.15) is 0 Å². The van der Waals surface area contributed by atoms with Crippen molar-refractivity contribution in [2.45, 2.75) is 37.2 Å². The molecule has 0 spiro atoms. The number of aliphatic hydroxyl groups is 1. The summed E-state index contributed by atoms with van der Waals surface area (Å²) in [5.41, 5.74) is -0.767. The molecule has 1 saturated heterocycles. The predicted octanol–water partition coefficient (Wildman–Crippen LogP) is 1.23. The molecule has 0 aromatic heterocycles. The van der Waals surface area contributed by atoms with E-state index in [1.54, 1.807) is 0 Å². The molecule has 2 rings (SSSR count). The van der Waals surface area contributed by atoms with Gasteiger partial charge in [-0.15, -0.1) is 0 Å². The molecule has 0 amide bonds. The molecule has 1 aromatic rings. The highest BCUT2D eigenvalue weighted by atomic mass is 32.2. The zero-order valence-corrected chi connectivity index (χ0v) is 12.9. The van der Waals surface area contributed by atoms with E-state index in [2.05, 4.69) is 0 Å². The zero-order chi connectivity index (χ0) is 15.8. The van der Waals surface area contributed by atoms with Crippen molar-refractivity contribution in [3.05, 3.63) is 29.3 Å². The molecule has 21 heavy (non-hydrogen) atoms. The largest absolute Gasteiger partial charge is 0.478 e. The van der Waals surface area contributed by atoms with Gasteiger partial charge >= 0.3 is 5.97 Å². The van der Waals surface area contributed by atoms with E-state index >= 15 is 0 Å². The second-order valence-corrected chi connectivity index (χ2v) is 7.39. The monoisotopic (exact) mass is 313 g/mol. The fourth-order valence-corrected chi connectivity index (χ4v) is 4.51. The van der Waals surface area contributed by atoms with Crippen LogP contribution < -0.4 is 0 Å². The summed E-state index contributed by atoms with van der Waals surface area (Å²) in [5.74, 6) is -1.16. The Kier molecular flexibility index (Phi) is 4.10. The standard InChI is InChI=1S/C14H19NO5S/c1-3-7-14(18)8-15(9-14)21(19,20)12-6-4-5-11(10(12)2)13(16)17/h4-6,18H,3,7-9H2,1-2H3,(H,16,17). The number of benzene rings is 1. The third-order valence-electron chi connectivity index (χ3n) is 3.79. The Morgan fingerprint density at radius 1 is 1.38 bits per heavy atom. The molecule has 1 heterocycles. The van der Waals surface area contributed by atoms with Crippen molar-refractivity contribution in [2.24, 2.45) is 0 Å². The third-order valence-corrected chi connectivity index (χ3v) is 5.73. The summed E-state index contributed by atoms with van der Waals surface area (Å²) >= 11 is 0. The predicted molar refractivity (Wildman–Crippen MR) is 76.8 cm³/mol. The number of hydrogen-bond donors (Lipinski definition) is 2. The van der Waals surface area contributed by atoms with Gasteiger partial charge in [0.15, 0.2) is 0 Å². The Bertz CT molecular complexity index is 662. The van der Waals surface area contributed by atoms with Gasteiger partial charge < -0.3 is 10.2 Å². The average molecular weight is 313 g/mol. The molecule has 2 N–H and O–H groups in total. The van der Waals surface area contributed by atoms with Crippen LogP contribution in [0.3, 0.4) is 0 Å². The second kappa shape index (κ2) is 5.40. The van der Waals surface area contributed by atoms with E-state index in [9.17, 15) is 18.3 Å². The molecule has 1 aliphatic rings. The fraction of sp³-hybridized carbons (Fsp3) is 0.500. The Labute approximate surface area is 124 Å². The van der Waals surface area contributed by atoms with E-state index in [4.69, 9.17) is 5.11 Å². The number of hydrogen-bond acceptors (Lipinski definition) is 4. The van der Waals surface area contributed by atoms with Crippen molar-refractivity contribution in [3.63, 3.8) is 0 Å². The second-order valence-electron chi connectivity index (χ2n) is 5.48. The zero-order valence-electron chi connectivity index (χ0n) is 12.0. The van der Waals surface area contributed by atoms with E-state index in [1.807, 2.05) is 6.92 Å². The lowest BCUT2D eigenvalue weighted by Gasteiger charge is -2.45. The highest BCUT2D eigenvalue weighted by Gasteiger charge is 2.46. The summed E-state index contributed by atoms with van der Waals surface area (Å²) in [6.45, 7) is 3.52. The Morgan fingerprint density at radius 2 is 2.00 bits per heavy atom. The first-order valence-electron chi connectivity index (χ1n) is 6.77. The van der Waals surface area contributed by atoms with Crippen LogP contribution in [0, 0.1) is 6.92 Å². The normalized spacial score (nSPS) is 18.2. The molecule has 0 bridgehead atoms. The van der Waals surface area contributed by atoms with Gasteiger partial charge in [-0.1, -0.05) is 19.4 Å². The number of aromatic carboxylic acids is 1. The van der Waals surface area contributed by atoms with Crippen LogP contribution >= 0.6 is 0 Å². The Balaban J connectivity index is 2.31. The van der Waals surface area contributed by atoms with Crippen LogP contribution in [0.15, 0.2) is 23.1 Å². The minimum atomic E-state index is -3.77. The Morgan fingerprint density at radius 3 is 2.52 bits per heavy atom. The van der Waals surface area contributed by atoms with Crippen LogP contribution in [0.4, 0.5) is 0 Å². The minimum absolute atomic E-state index is 0.0130. The van der Waals surface area contributed by atoms with Crippen LogP contribution in [0.5, 0.6) is 0 Å². The average Bonchev–Trinajstić information content (AvgIpc) is 2.35. The quantitative estimate of drug-likeness (QED) is 0.852. The van der Waals surface area contributed by atoms with E-state index in [1.165, 1.54) is 29.4 Å². The maximum absolute atomic E-state index is 12.5. The lowest BCUT2D eigenvalue weighted by molar-refractivity contribution is -0.0653. The molecular weight excluding hydrogens is 294 g/mol. The first-order valence-corrected chi connectivity index (χ1v) is 8.21. The lowest BCUT2D eigenvalue weighted by Crippen LogP contribution is -2.63. The van der Waals surface area contributed by atoms with E-state index < -0.39 is 21.6 Å². The van der Waals surface area contributed by atoms with Crippen molar-refractivity contribution in [2.75, 3.05) is 13.1 Å². The first-order chi connectivity index (χ1) is 9.71. The number of β-amino-alcohol motifs (C(OH)–C–C–N with tert-alkyl or cyclic N) is 1. The van der Waals surface area contributed by atoms with Crippen molar-refractivity contribution in [1.82, 2.24) is 4.31 Å². The summed E-state index contributed by atoms with van der Waals surface area (Å²) in [7, 11) is -3.77. The van der Waals surface area contributed by atoms with Crippen LogP contribution in [-0.2, 0) is 10.0 Å². The molecule has 0 atom stereocenters. The number of rotatable bonds is 5. The number of sulfonamides is 1. The summed E-state index contributed by atoms with van der Waals surface area (Å²) in [6, 6.07) is 4.19. The van der Waals surface area contributed by atoms with Gasteiger partial charge in [-0.25, -0.2) is 13.2 Å². The maximum atomic E-state index is 12.5. The van der Waals surface area contributed by atoms with Gasteiger partial charge in [0.25, 0.3) is 0 Å². The fourth-order valence-electron chi connectivity index (χ4n) is 2.67. The molecule has 6 nitrogen and oxygen atoms in total. The summed E-state index contributed by atoms with van der Waals surface area (Å²) in [4.78, 5) is 11.1. The van der Waals surface area contributed by atoms with Gasteiger partial charge in [-0.05, 0) is 31.0 Å². The summed E-state index contributed by atoms with van der Waals surface area (Å²) < 4.78 is 26.2. The molecule has 1 fully saturated rings. The van der Waals surface area contributed by atoms with E-state index in [-0.39, 0.29) is 29.1 Å². The van der Waals surface area contributed by atoms with E-state index in [0.29, 0.717) is 6.42 Å². The van der Waals surface area contributed by atoms with E-state index in [0.717, 1.165) is 6.42 Å². The SMILES string of the molecule is CCCC1(O)CN(S(=O)(=O)c2cccc(C(=O)O)c2C)C1. The Hall–Kier alpha value is -1.44. The molecule has 7 heteroatoms. The van der Waals surface area contributed by atoms with Crippen molar-refractivity contribution < 1.29 is 23.4 Å². The van der Waals surface area contributed by atoms with Crippen LogP contribution in [-0.4, -0.2) is 47.6 Å². The smallest absolute Gasteiger partial charge is 0.335 e. The summed E-state index contributed by atoms with van der Waals surface area (Å²) in [5, 5.41) is 19.2. The molecule has 0 saturated carbocycles. The van der Waals surface area contributed by atoms with Crippen LogP contribution in [0.1, 0.15) is 35.7 Å². The third kappa shape index (κ3) is 2.81. The highest BCUT2D eigenvalue weighted by molar-refractivity contribution is 7.89. The topological polar surface area (TPSA) is 94.9 Å². The molecular formula is C14H19NO5S. The van der Waals surface area contributed by atoms with Crippen molar-refractivity contribution in [3.8, 4) is 0 Å². The lowest BCUT2D eigenvalue weighted by atomic mass is 9.92. The van der Waals surface area contributed by atoms with Gasteiger partial charge in [0.2, 0.25) is 10.0 Å².